The highest BCUT2D eigenvalue weighted by Gasteiger charge is 2.12. The first-order valence-corrected chi connectivity index (χ1v) is 5.53. The molecule has 90 valence electrons. The van der Waals surface area contributed by atoms with Crippen molar-refractivity contribution in [2.24, 2.45) is 0 Å². The first-order chi connectivity index (χ1) is 8.22. The maximum atomic E-state index is 11.6. The van der Waals surface area contributed by atoms with E-state index in [2.05, 4.69) is 4.98 Å². The van der Waals surface area contributed by atoms with Crippen molar-refractivity contribution in [3.63, 3.8) is 0 Å². The second-order valence-electron chi connectivity index (χ2n) is 3.53. The topological polar surface area (TPSA) is 39.2 Å². The Balaban J connectivity index is 3.02. The molecule has 0 bridgehead atoms. The summed E-state index contributed by atoms with van der Waals surface area (Å²) in [6.07, 6.45) is 8.30. The molecule has 3 heteroatoms. The normalized spacial score (nSPS) is 11.8. The van der Waals surface area contributed by atoms with Crippen LogP contribution in [0.25, 0.3) is 0 Å². The number of carbonyl (C=O) groups excluding carboxylic acids is 1. The fraction of sp³-hybridized carbons (Fsp3) is 0.286. The maximum absolute atomic E-state index is 11.6. The molecule has 0 spiro atoms. The standard InChI is InChI=1S/C14H17NO2/c1-4-7-11(5-2)10-13-12(14(16)17-3)8-6-9-15-13/h4-9H,10H2,1-3H3/b7-4-,11-5+. The van der Waals surface area contributed by atoms with E-state index >= 15 is 0 Å². The summed E-state index contributed by atoms with van der Waals surface area (Å²) in [5.41, 5.74) is 2.39. The van der Waals surface area contributed by atoms with Crippen molar-refractivity contribution in [2.75, 3.05) is 7.11 Å². The molecule has 0 saturated carbocycles. The molecule has 0 fully saturated rings. The van der Waals surface area contributed by atoms with E-state index in [0.717, 1.165) is 11.3 Å². The van der Waals surface area contributed by atoms with Gasteiger partial charge in [-0.3, -0.25) is 4.98 Å². The SMILES string of the molecule is C/C=C\C(=C/C)Cc1ncccc1C(=O)OC. The van der Waals surface area contributed by atoms with E-state index in [0.29, 0.717) is 12.0 Å². The second kappa shape index (κ2) is 6.63. The molecule has 0 aliphatic heterocycles. The predicted octanol–water partition coefficient (Wildman–Crippen LogP) is 2.93. The van der Waals surface area contributed by atoms with Crippen LogP contribution in [0.3, 0.4) is 0 Å². The molecule has 0 atom stereocenters. The minimum atomic E-state index is -0.343. The fourth-order valence-corrected chi connectivity index (χ4v) is 1.54. The fourth-order valence-electron chi connectivity index (χ4n) is 1.54. The smallest absolute Gasteiger partial charge is 0.339 e. The average molecular weight is 231 g/mol. The molecule has 0 saturated heterocycles. The minimum Gasteiger partial charge on any atom is -0.465 e. The molecule has 0 aromatic carbocycles. The lowest BCUT2D eigenvalue weighted by Gasteiger charge is -2.07. The number of rotatable bonds is 4. The Labute approximate surface area is 102 Å². The summed E-state index contributed by atoms with van der Waals surface area (Å²) < 4.78 is 4.74. The molecule has 0 N–H and O–H groups in total. The van der Waals surface area contributed by atoms with E-state index in [4.69, 9.17) is 4.74 Å². The van der Waals surface area contributed by atoms with E-state index in [-0.39, 0.29) is 5.97 Å². The van der Waals surface area contributed by atoms with Crippen LogP contribution >= 0.6 is 0 Å². The summed E-state index contributed by atoms with van der Waals surface area (Å²) in [7, 11) is 1.38. The molecule has 0 aliphatic carbocycles. The summed E-state index contributed by atoms with van der Waals surface area (Å²) in [5, 5.41) is 0. The quantitative estimate of drug-likeness (QED) is 0.590. The van der Waals surface area contributed by atoms with Gasteiger partial charge in [-0.2, -0.15) is 0 Å². The third-order valence-electron chi connectivity index (χ3n) is 2.42. The van der Waals surface area contributed by atoms with Gasteiger partial charge in [0, 0.05) is 12.6 Å². The predicted molar refractivity (Wildman–Crippen MR) is 67.9 cm³/mol. The Morgan fingerprint density at radius 2 is 2.24 bits per heavy atom. The number of aromatic nitrogens is 1. The molecule has 1 aromatic heterocycles. The number of ether oxygens (including phenoxy) is 1. The van der Waals surface area contributed by atoms with Gasteiger partial charge in [-0.15, -0.1) is 0 Å². The largest absolute Gasteiger partial charge is 0.465 e. The molecule has 3 nitrogen and oxygen atoms in total. The third kappa shape index (κ3) is 3.55. The zero-order valence-electron chi connectivity index (χ0n) is 10.4. The molecule has 17 heavy (non-hydrogen) atoms. The lowest BCUT2D eigenvalue weighted by molar-refractivity contribution is 0.0599. The van der Waals surface area contributed by atoms with Crippen molar-refractivity contribution in [1.29, 1.82) is 0 Å². The van der Waals surface area contributed by atoms with Crippen molar-refractivity contribution >= 4 is 5.97 Å². The Hall–Kier alpha value is -1.90. The van der Waals surface area contributed by atoms with Gasteiger partial charge < -0.3 is 4.74 Å². The minimum absolute atomic E-state index is 0.343. The monoisotopic (exact) mass is 231 g/mol. The van der Waals surface area contributed by atoms with Gasteiger partial charge in [0.1, 0.15) is 0 Å². The summed E-state index contributed by atoms with van der Waals surface area (Å²) in [6, 6.07) is 3.47. The van der Waals surface area contributed by atoms with Crippen LogP contribution in [-0.2, 0) is 11.2 Å². The summed E-state index contributed by atoms with van der Waals surface area (Å²) in [4.78, 5) is 15.8. The van der Waals surface area contributed by atoms with Crippen LogP contribution in [-0.4, -0.2) is 18.1 Å². The molecule has 1 heterocycles. The number of nitrogens with zero attached hydrogens (tertiary/aromatic N) is 1. The maximum Gasteiger partial charge on any atom is 0.339 e. The number of allylic oxidation sites excluding steroid dienone is 4. The lowest BCUT2D eigenvalue weighted by atomic mass is 10.0. The van der Waals surface area contributed by atoms with Gasteiger partial charge >= 0.3 is 5.97 Å². The van der Waals surface area contributed by atoms with Gasteiger partial charge in [-0.1, -0.05) is 18.2 Å². The second-order valence-corrected chi connectivity index (χ2v) is 3.53. The van der Waals surface area contributed by atoms with E-state index in [1.165, 1.54) is 7.11 Å². The van der Waals surface area contributed by atoms with Crippen LogP contribution in [0.4, 0.5) is 0 Å². The number of pyridine rings is 1. The van der Waals surface area contributed by atoms with Crippen LogP contribution in [0, 0.1) is 0 Å². The Morgan fingerprint density at radius 3 is 2.82 bits per heavy atom. The van der Waals surface area contributed by atoms with Crippen LogP contribution in [0.1, 0.15) is 29.9 Å². The molecular weight excluding hydrogens is 214 g/mol. The van der Waals surface area contributed by atoms with Gasteiger partial charge in [-0.05, 0) is 31.6 Å². The van der Waals surface area contributed by atoms with E-state index < -0.39 is 0 Å². The van der Waals surface area contributed by atoms with Crippen LogP contribution in [0.5, 0.6) is 0 Å². The van der Waals surface area contributed by atoms with Gasteiger partial charge in [0.05, 0.1) is 18.4 Å². The molecule has 0 unspecified atom stereocenters. The zero-order valence-corrected chi connectivity index (χ0v) is 10.4. The third-order valence-corrected chi connectivity index (χ3v) is 2.42. The first-order valence-electron chi connectivity index (χ1n) is 5.53. The zero-order chi connectivity index (χ0) is 12.7. The number of methoxy groups -OCH3 is 1. The highest BCUT2D eigenvalue weighted by Crippen LogP contribution is 2.13. The molecule has 0 amide bonds. The van der Waals surface area contributed by atoms with E-state index in [9.17, 15) is 4.79 Å². The molecule has 1 aromatic rings. The Bertz CT molecular complexity index is 447. The van der Waals surface area contributed by atoms with Crippen molar-refractivity contribution in [3.8, 4) is 0 Å². The highest BCUT2D eigenvalue weighted by molar-refractivity contribution is 5.90. The van der Waals surface area contributed by atoms with Gasteiger partial charge in [0.15, 0.2) is 0 Å². The number of esters is 1. The van der Waals surface area contributed by atoms with Crippen molar-refractivity contribution < 1.29 is 9.53 Å². The van der Waals surface area contributed by atoms with Gasteiger partial charge in [0.2, 0.25) is 0 Å². The average Bonchev–Trinajstić information content (AvgIpc) is 2.38. The summed E-state index contributed by atoms with van der Waals surface area (Å²) >= 11 is 0. The van der Waals surface area contributed by atoms with Crippen molar-refractivity contribution in [3.05, 3.63) is 53.4 Å². The Kier molecular flexibility index (Phi) is 5.14. The number of hydrogen-bond donors (Lipinski definition) is 0. The van der Waals surface area contributed by atoms with E-state index in [1.807, 2.05) is 32.1 Å². The molecular formula is C14H17NO2. The highest BCUT2D eigenvalue weighted by atomic mass is 16.5. The van der Waals surface area contributed by atoms with Crippen molar-refractivity contribution in [2.45, 2.75) is 20.3 Å². The van der Waals surface area contributed by atoms with Crippen molar-refractivity contribution in [1.82, 2.24) is 4.98 Å². The van der Waals surface area contributed by atoms with Crippen LogP contribution < -0.4 is 0 Å². The first kappa shape index (κ1) is 13.2. The number of carbonyl (C=O) groups is 1. The Morgan fingerprint density at radius 1 is 1.47 bits per heavy atom. The summed E-state index contributed by atoms with van der Waals surface area (Å²) in [6.45, 7) is 3.93. The van der Waals surface area contributed by atoms with Gasteiger partial charge in [-0.25, -0.2) is 4.79 Å². The van der Waals surface area contributed by atoms with E-state index in [1.54, 1.807) is 18.3 Å². The van der Waals surface area contributed by atoms with Gasteiger partial charge in [0.25, 0.3) is 0 Å². The lowest BCUT2D eigenvalue weighted by Crippen LogP contribution is -2.07. The molecule has 1 rings (SSSR count). The summed E-state index contributed by atoms with van der Waals surface area (Å²) in [5.74, 6) is -0.343. The number of hydrogen-bond acceptors (Lipinski definition) is 3. The molecule has 0 radical (unpaired) electrons. The molecule has 0 aliphatic rings. The van der Waals surface area contributed by atoms with Crippen LogP contribution in [0.15, 0.2) is 42.1 Å². The van der Waals surface area contributed by atoms with Crippen LogP contribution in [0.2, 0.25) is 0 Å².